The van der Waals surface area contributed by atoms with Crippen molar-refractivity contribution in [2.45, 2.75) is 70.5 Å². The van der Waals surface area contributed by atoms with E-state index in [9.17, 15) is 14.7 Å². The number of ether oxygens (including phenoxy) is 2. The first-order valence-corrected chi connectivity index (χ1v) is 11.3. The number of benzene rings is 1. The predicted octanol–water partition coefficient (Wildman–Crippen LogP) is 4.11. The summed E-state index contributed by atoms with van der Waals surface area (Å²) in [7, 11) is 1.67. The van der Waals surface area contributed by atoms with Crippen molar-refractivity contribution in [1.82, 2.24) is 15.0 Å². The van der Waals surface area contributed by atoms with Gasteiger partial charge in [-0.3, -0.25) is 9.69 Å². The highest BCUT2D eigenvalue weighted by Gasteiger charge is 2.28. The van der Waals surface area contributed by atoms with E-state index in [2.05, 4.69) is 10.3 Å². The van der Waals surface area contributed by atoms with Crippen molar-refractivity contribution in [3.8, 4) is 11.4 Å². The summed E-state index contributed by atoms with van der Waals surface area (Å²) in [6.45, 7) is 1.80. The molecule has 0 aliphatic heterocycles. The number of carboxylic acid groups (broad SMARTS) is 1. The molecule has 1 amide bonds. The molecule has 0 spiro atoms. The van der Waals surface area contributed by atoms with Crippen molar-refractivity contribution >= 4 is 17.9 Å². The maximum atomic E-state index is 12.7. The Balaban J connectivity index is 1.45. The lowest BCUT2D eigenvalue weighted by atomic mass is 9.87. The van der Waals surface area contributed by atoms with Gasteiger partial charge >= 0.3 is 12.1 Å². The fourth-order valence-corrected chi connectivity index (χ4v) is 4.56. The Morgan fingerprint density at radius 1 is 1.06 bits per heavy atom. The van der Waals surface area contributed by atoms with Gasteiger partial charge in [0.05, 0.1) is 17.7 Å². The third-order valence-electron chi connectivity index (χ3n) is 6.33. The molecule has 9 heteroatoms. The maximum absolute atomic E-state index is 12.7. The number of hydrogen-bond acceptors (Lipinski definition) is 6. The van der Waals surface area contributed by atoms with Gasteiger partial charge in [0.2, 0.25) is 0 Å². The highest BCUT2D eigenvalue weighted by atomic mass is 16.6. The molecule has 1 aromatic heterocycles. The summed E-state index contributed by atoms with van der Waals surface area (Å²) in [5.74, 6) is 0.141. The maximum Gasteiger partial charge on any atom is 0.415 e. The third kappa shape index (κ3) is 4.87. The number of hydrogen-bond donors (Lipinski definition) is 1. The topological polar surface area (TPSA) is 107 Å². The summed E-state index contributed by atoms with van der Waals surface area (Å²) in [5.41, 5.74) is 1.36. The van der Waals surface area contributed by atoms with Crippen LogP contribution < -0.4 is 9.64 Å². The second kappa shape index (κ2) is 9.58. The van der Waals surface area contributed by atoms with Crippen molar-refractivity contribution < 1.29 is 24.2 Å². The molecule has 4 rings (SSSR count). The first-order valence-electron chi connectivity index (χ1n) is 11.3. The number of carbonyl (C=O) groups is 2. The highest BCUT2D eigenvalue weighted by molar-refractivity contribution is 5.87. The first kappa shape index (κ1) is 22.1. The van der Waals surface area contributed by atoms with E-state index in [1.165, 1.54) is 4.90 Å². The predicted molar refractivity (Wildman–Crippen MR) is 117 cm³/mol. The Morgan fingerprint density at radius 2 is 1.75 bits per heavy atom. The molecule has 2 fully saturated rings. The van der Waals surface area contributed by atoms with Gasteiger partial charge in [0, 0.05) is 7.05 Å². The lowest BCUT2D eigenvalue weighted by Gasteiger charge is -2.27. The minimum Gasteiger partial charge on any atom is -0.490 e. The average molecular weight is 443 g/mol. The van der Waals surface area contributed by atoms with Crippen LogP contribution in [0.4, 0.5) is 10.6 Å². The zero-order valence-corrected chi connectivity index (χ0v) is 18.6. The van der Waals surface area contributed by atoms with Gasteiger partial charge in [-0.1, -0.05) is 5.21 Å². The van der Waals surface area contributed by atoms with Crippen molar-refractivity contribution in [2.24, 2.45) is 5.92 Å². The number of rotatable bonds is 6. The molecular weight excluding hydrogens is 412 g/mol. The Kier molecular flexibility index (Phi) is 6.62. The third-order valence-corrected chi connectivity index (χ3v) is 6.33. The largest absolute Gasteiger partial charge is 0.490 e. The molecule has 9 nitrogen and oxygen atoms in total. The zero-order valence-electron chi connectivity index (χ0n) is 18.6. The van der Waals surface area contributed by atoms with Crippen LogP contribution >= 0.6 is 0 Å². The summed E-state index contributed by atoms with van der Waals surface area (Å²) in [5, 5.41) is 17.6. The van der Waals surface area contributed by atoms with Crippen molar-refractivity contribution in [3.63, 3.8) is 0 Å². The van der Waals surface area contributed by atoms with E-state index in [-0.39, 0.29) is 18.1 Å². The molecule has 32 heavy (non-hydrogen) atoms. The summed E-state index contributed by atoms with van der Waals surface area (Å²) in [4.78, 5) is 25.4. The normalized spacial score (nSPS) is 21.3. The highest BCUT2D eigenvalue weighted by Crippen LogP contribution is 2.29. The average Bonchev–Trinajstić information content (AvgIpc) is 3.43. The second-order valence-corrected chi connectivity index (χ2v) is 8.70. The van der Waals surface area contributed by atoms with E-state index in [4.69, 9.17) is 9.47 Å². The van der Waals surface area contributed by atoms with Crippen LogP contribution in [0.25, 0.3) is 5.69 Å². The van der Waals surface area contributed by atoms with Crippen molar-refractivity contribution in [1.29, 1.82) is 0 Å². The van der Waals surface area contributed by atoms with Crippen LogP contribution in [0.2, 0.25) is 0 Å². The smallest absolute Gasteiger partial charge is 0.415 e. The molecule has 1 N–H and O–H groups in total. The van der Waals surface area contributed by atoms with Gasteiger partial charge < -0.3 is 14.6 Å². The summed E-state index contributed by atoms with van der Waals surface area (Å²) in [6, 6.07) is 7.36. The molecule has 0 saturated heterocycles. The molecule has 2 aliphatic carbocycles. The number of nitrogens with zero attached hydrogens (tertiary/aromatic N) is 4. The van der Waals surface area contributed by atoms with Crippen LogP contribution in [0.5, 0.6) is 5.75 Å². The minimum absolute atomic E-state index is 0.0217. The molecule has 0 unspecified atom stereocenters. The number of aryl methyl sites for hydroxylation is 1. The number of carboxylic acids is 1. The molecule has 0 radical (unpaired) electrons. The number of aliphatic carboxylic acids is 1. The van der Waals surface area contributed by atoms with Gasteiger partial charge in [-0.2, -0.15) is 4.68 Å². The van der Waals surface area contributed by atoms with E-state index in [1.807, 2.05) is 24.3 Å². The second-order valence-electron chi connectivity index (χ2n) is 8.70. The Hall–Kier alpha value is -3.10. The van der Waals surface area contributed by atoms with Crippen LogP contribution in [-0.4, -0.2) is 51.4 Å². The molecule has 2 atom stereocenters. The van der Waals surface area contributed by atoms with Crippen LogP contribution in [0.3, 0.4) is 0 Å². The van der Waals surface area contributed by atoms with Crippen LogP contribution in [-0.2, 0) is 9.53 Å². The van der Waals surface area contributed by atoms with Gasteiger partial charge in [-0.05, 0) is 82.6 Å². The van der Waals surface area contributed by atoms with Gasteiger partial charge in [-0.15, -0.1) is 5.10 Å². The molecule has 172 valence electrons. The molecule has 1 aromatic carbocycles. The molecule has 1 heterocycles. The number of amides is 1. The van der Waals surface area contributed by atoms with E-state index in [1.54, 1.807) is 18.7 Å². The minimum atomic E-state index is -0.752. The van der Waals surface area contributed by atoms with Gasteiger partial charge in [0.25, 0.3) is 0 Å². The van der Waals surface area contributed by atoms with E-state index >= 15 is 0 Å². The lowest BCUT2D eigenvalue weighted by Crippen LogP contribution is -2.32. The number of aromatic nitrogens is 3. The van der Waals surface area contributed by atoms with Crippen LogP contribution in [0, 0.1) is 12.8 Å². The SMILES string of the molecule is Cc1nnn(-c2ccc(O[C@H]3CCC[C@H](C(=O)O)C3)cc2)c1N(C)C(=O)OC1CCCC1. The van der Waals surface area contributed by atoms with Gasteiger partial charge in [0.1, 0.15) is 17.5 Å². The van der Waals surface area contributed by atoms with E-state index in [0.29, 0.717) is 30.1 Å². The first-order chi connectivity index (χ1) is 15.4. The summed E-state index contributed by atoms with van der Waals surface area (Å²) >= 11 is 0. The number of anilines is 1. The monoisotopic (exact) mass is 442 g/mol. The molecule has 2 saturated carbocycles. The van der Waals surface area contributed by atoms with Crippen molar-refractivity contribution in [2.75, 3.05) is 11.9 Å². The van der Waals surface area contributed by atoms with Crippen molar-refractivity contribution in [3.05, 3.63) is 30.0 Å². The number of carbonyl (C=O) groups excluding carboxylic acids is 1. The molecular formula is C23H30N4O5. The summed E-state index contributed by atoms with van der Waals surface area (Å²) < 4.78 is 13.3. The van der Waals surface area contributed by atoms with Gasteiger partial charge in [-0.25, -0.2) is 4.79 Å². The fraction of sp³-hybridized carbons (Fsp3) is 0.565. The van der Waals surface area contributed by atoms with Crippen LogP contribution in [0.15, 0.2) is 24.3 Å². The summed E-state index contributed by atoms with van der Waals surface area (Å²) in [6.07, 6.45) is 6.40. The van der Waals surface area contributed by atoms with E-state index in [0.717, 1.165) is 44.2 Å². The standard InChI is InChI=1S/C23H30N4O5/c1-15-21(26(2)23(30)32-18-7-3-4-8-18)27(25-24-15)17-10-12-19(13-11-17)31-20-9-5-6-16(14-20)22(28)29/h10-13,16,18,20H,3-9,14H2,1-2H3,(H,28,29)/t16-,20-/m0/s1. The quantitative estimate of drug-likeness (QED) is 0.717. The Morgan fingerprint density at radius 3 is 2.44 bits per heavy atom. The lowest BCUT2D eigenvalue weighted by molar-refractivity contribution is -0.143. The fourth-order valence-electron chi connectivity index (χ4n) is 4.56. The van der Waals surface area contributed by atoms with E-state index < -0.39 is 12.1 Å². The zero-order chi connectivity index (χ0) is 22.7. The Labute approximate surface area is 187 Å². The van der Waals surface area contributed by atoms with Crippen LogP contribution in [0.1, 0.15) is 57.1 Å². The Bertz CT molecular complexity index is 952. The molecule has 0 bridgehead atoms. The molecule has 2 aliphatic rings. The molecule has 2 aromatic rings. The van der Waals surface area contributed by atoms with Gasteiger partial charge in [0.15, 0.2) is 5.82 Å².